The molecule has 0 fully saturated rings. The number of benzene rings is 1. The van der Waals surface area contributed by atoms with Gasteiger partial charge >= 0.3 is 0 Å². The Kier molecular flexibility index (Phi) is 4.38. The first-order chi connectivity index (χ1) is 11.2. The third kappa shape index (κ3) is 2.95. The number of pyridine rings is 2. The van der Waals surface area contributed by atoms with Crippen molar-refractivity contribution in [3.63, 3.8) is 0 Å². The molecule has 23 heavy (non-hydrogen) atoms. The van der Waals surface area contributed by atoms with Crippen LogP contribution in [0, 0.1) is 6.92 Å². The van der Waals surface area contributed by atoms with Gasteiger partial charge in [-0.2, -0.15) is 0 Å². The number of hydrogen-bond acceptors (Lipinski definition) is 2. The van der Waals surface area contributed by atoms with Gasteiger partial charge in [-0.3, -0.25) is 9.36 Å². The molecule has 0 aliphatic rings. The molecule has 3 rings (SSSR count). The van der Waals surface area contributed by atoms with E-state index < -0.39 is 0 Å². The molecule has 2 aromatic heterocycles. The first kappa shape index (κ1) is 15.2. The van der Waals surface area contributed by atoms with Crippen LogP contribution in [0.3, 0.4) is 0 Å². The Hall–Kier alpha value is -2.68. The molecular weight excluding hydrogens is 284 g/mol. The number of nitrogens with zero attached hydrogens (tertiary/aromatic N) is 2. The molecule has 0 unspecified atom stereocenters. The molecule has 3 heteroatoms. The molecule has 0 saturated heterocycles. The maximum atomic E-state index is 13.0. The van der Waals surface area contributed by atoms with Gasteiger partial charge in [-0.25, -0.2) is 4.98 Å². The summed E-state index contributed by atoms with van der Waals surface area (Å²) in [6.07, 6.45) is 6.63. The molecule has 0 atom stereocenters. The number of allylic oxidation sites excluding steroid dienone is 2. The molecule has 0 aliphatic heterocycles. The van der Waals surface area contributed by atoms with Crippen LogP contribution >= 0.6 is 0 Å². The van der Waals surface area contributed by atoms with Gasteiger partial charge in [0, 0.05) is 23.7 Å². The lowest BCUT2D eigenvalue weighted by molar-refractivity contribution is 0.702. The molecule has 0 saturated carbocycles. The Morgan fingerprint density at radius 2 is 1.96 bits per heavy atom. The zero-order valence-electron chi connectivity index (χ0n) is 13.5. The van der Waals surface area contributed by atoms with Crippen LogP contribution in [-0.4, -0.2) is 9.55 Å². The van der Waals surface area contributed by atoms with Crippen LogP contribution in [0.4, 0.5) is 0 Å². The lowest BCUT2D eigenvalue weighted by Crippen LogP contribution is -2.23. The molecular formula is C20H20N2O. The third-order valence-corrected chi connectivity index (χ3v) is 4.04. The molecule has 0 N–H and O–H groups in total. The molecule has 3 nitrogen and oxygen atoms in total. The summed E-state index contributed by atoms with van der Waals surface area (Å²) in [5.74, 6) is 0. The molecule has 0 spiro atoms. The average molecular weight is 304 g/mol. The van der Waals surface area contributed by atoms with Crippen molar-refractivity contribution < 1.29 is 0 Å². The van der Waals surface area contributed by atoms with Crippen molar-refractivity contribution in [1.29, 1.82) is 0 Å². The predicted molar refractivity (Wildman–Crippen MR) is 95.6 cm³/mol. The van der Waals surface area contributed by atoms with Gasteiger partial charge < -0.3 is 0 Å². The monoisotopic (exact) mass is 304 g/mol. The smallest absolute Gasteiger partial charge is 0.260 e. The van der Waals surface area contributed by atoms with Crippen molar-refractivity contribution in [2.75, 3.05) is 0 Å². The van der Waals surface area contributed by atoms with Crippen LogP contribution in [0.2, 0.25) is 0 Å². The summed E-state index contributed by atoms with van der Waals surface area (Å²) in [7, 11) is 0. The molecule has 1 aromatic carbocycles. The van der Waals surface area contributed by atoms with Crippen molar-refractivity contribution in [2.24, 2.45) is 0 Å². The highest BCUT2D eigenvalue weighted by Crippen LogP contribution is 2.23. The summed E-state index contributed by atoms with van der Waals surface area (Å²) < 4.78 is 1.79. The van der Waals surface area contributed by atoms with E-state index in [0.717, 1.165) is 34.1 Å². The summed E-state index contributed by atoms with van der Waals surface area (Å²) in [6, 6.07) is 13.9. The second-order valence-electron chi connectivity index (χ2n) is 5.60. The van der Waals surface area contributed by atoms with E-state index >= 15 is 0 Å². The average Bonchev–Trinajstić information content (AvgIpc) is 2.57. The minimum atomic E-state index is 0.0232. The van der Waals surface area contributed by atoms with Gasteiger partial charge in [0.25, 0.3) is 5.56 Å². The Morgan fingerprint density at radius 3 is 2.74 bits per heavy atom. The van der Waals surface area contributed by atoms with Crippen LogP contribution in [0.1, 0.15) is 18.9 Å². The maximum Gasteiger partial charge on any atom is 0.260 e. The fourth-order valence-corrected chi connectivity index (χ4v) is 2.85. The van der Waals surface area contributed by atoms with Crippen LogP contribution < -0.4 is 5.56 Å². The van der Waals surface area contributed by atoms with Gasteiger partial charge in [-0.15, -0.1) is 0 Å². The highest BCUT2D eigenvalue weighted by atomic mass is 16.1. The van der Waals surface area contributed by atoms with Gasteiger partial charge in [0.2, 0.25) is 0 Å². The first-order valence-electron chi connectivity index (χ1n) is 7.88. The quantitative estimate of drug-likeness (QED) is 0.672. The number of aromatic nitrogens is 2. The van der Waals surface area contributed by atoms with Crippen molar-refractivity contribution in [2.45, 2.75) is 26.8 Å². The summed E-state index contributed by atoms with van der Waals surface area (Å²) in [5, 5.41) is 0.992. The third-order valence-electron chi connectivity index (χ3n) is 4.04. The zero-order valence-corrected chi connectivity index (χ0v) is 13.5. The van der Waals surface area contributed by atoms with Gasteiger partial charge in [-0.1, -0.05) is 36.4 Å². The summed E-state index contributed by atoms with van der Waals surface area (Å²) in [6.45, 7) is 4.66. The van der Waals surface area contributed by atoms with E-state index in [1.807, 2.05) is 62.4 Å². The number of hydrogen-bond donors (Lipinski definition) is 0. The van der Waals surface area contributed by atoms with Crippen LogP contribution in [0.15, 0.2) is 65.6 Å². The minimum Gasteiger partial charge on any atom is -0.292 e. The number of aryl methyl sites for hydroxylation is 2. The molecule has 0 radical (unpaired) electrons. The fraction of sp³-hybridized carbons (Fsp3) is 0.200. The van der Waals surface area contributed by atoms with Crippen molar-refractivity contribution in [3.05, 3.63) is 76.7 Å². The second kappa shape index (κ2) is 6.61. The van der Waals surface area contributed by atoms with E-state index in [0.29, 0.717) is 6.54 Å². The van der Waals surface area contributed by atoms with E-state index in [1.165, 1.54) is 0 Å². The summed E-state index contributed by atoms with van der Waals surface area (Å²) >= 11 is 0. The number of rotatable bonds is 4. The van der Waals surface area contributed by atoms with E-state index in [-0.39, 0.29) is 5.56 Å². The minimum absolute atomic E-state index is 0.0232. The SMILES string of the molecule is CC=CCCn1c(=O)c(-c2ccccc2C)cc2cccnc21. The van der Waals surface area contributed by atoms with Crippen molar-refractivity contribution in [1.82, 2.24) is 9.55 Å². The highest BCUT2D eigenvalue weighted by molar-refractivity contribution is 5.82. The first-order valence-corrected chi connectivity index (χ1v) is 7.88. The van der Waals surface area contributed by atoms with Gasteiger partial charge in [-0.05, 0) is 49.6 Å². The van der Waals surface area contributed by atoms with Gasteiger partial charge in [0.05, 0.1) is 0 Å². The standard InChI is InChI=1S/C20H20N2O/c1-3-4-7-13-22-19-16(10-8-12-21-19)14-18(20(22)23)17-11-6-5-9-15(17)2/h3-6,8-12,14H,7,13H2,1-2H3. The van der Waals surface area contributed by atoms with Crippen molar-refractivity contribution >= 4 is 11.0 Å². The normalized spacial score (nSPS) is 11.4. The summed E-state index contributed by atoms with van der Waals surface area (Å²) in [4.78, 5) is 17.4. The lowest BCUT2D eigenvalue weighted by Gasteiger charge is -2.12. The second-order valence-corrected chi connectivity index (χ2v) is 5.60. The molecule has 3 aromatic rings. The summed E-state index contributed by atoms with van der Waals surface area (Å²) in [5.41, 5.74) is 3.61. The molecule has 2 heterocycles. The Balaban J connectivity index is 2.26. The molecule has 0 aliphatic carbocycles. The molecule has 116 valence electrons. The zero-order chi connectivity index (χ0) is 16.2. The lowest BCUT2D eigenvalue weighted by atomic mass is 10.0. The van der Waals surface area contributed by atoms with E-state index in [2.05, 4.69) is 11.1 Å². The van der Waals surface area contributed by atoms with Crippen LogP contribution in [-0.2, 0) is 6.54 Å². The van der Waals surface area contributed by atoms with Crippen molar-refractivity contribution in [3.8, 4) is 11.1 Å². The Morgan fingerprint density at radius 1 is 1.13 bits per heavy atom. The predicted octanol–water partition coefficient (Wildman–Crippen LogP) is 4.34. The van der Waals surface area contributed by atoms with Gasteiger partial charge in [0.15, 0.2) is 0 Å². The maximum absolute atomic E-state index is 13.0. The molecule has 0 bridgehead atoms. The van der Waals surface area contributed by atoms with Gasteiger partial charge in [0.1, 0.15) is 5.65 Å². The van der Waals surface area contributed by atoms with Crippen LogP contribution in [0.5, 0.6) is 0 Å². The van der Waals surface area contributed by atoms with E-state index in [4.69, 9.17) is 0 Å². The fourth-order valence-electron chi connectivity index (χ4n) is 2.85. The largest absolute Gasteiger partial charge is 0.292 e. The van der Waals surface area contributed by atoms with Crippen LogP contribution in [0.25, 0.3) is 22.2 Å². The van der Waals surface area contributed by atoms with E-state index in [1.54, 1.807) is 10.8 Å². The number of fused-ring (bicyclic) bond motifs is 1. The Bertz CT molecular complexity index is 922. The van der Waals surface area contributed by atoms with E-state index in [9.17, 15) is 4.79 Å². The highest BCUT2D eigenvalue weighted by Gasteiger charge is 2.12. The Labute approximate surface area is 135 Å². The molecule has 0 amide bonds. The topological polar surface area (TPSA) is 34.9 Å².